The van der Waals surface area contributed by atoms with Crippen molar-refractivity contribution in [1.29, 1.82) is 0 Å². The second-order valence-corrected chi connectivity index (χ2v) is 7.44. The monoisotopic (exact) mass is 379 g/mol. The minimum atomic E-state index is -1.31. The molecule has 0 bridgehead atoms. The summed E-state index contributed by atoms with van der Waals surface area (Å²) in [5.41, 5.74) is 1.55. The number of nitrogens with one attached hydrogen (secondary N) is 1. The summed E-state index contributed by atoms with van der Waals surface area (Å²) in [7, 11) is 0. The Bertz CT molecular complexity index is 673. The first-order valence-electron chi connectivity index (χ1n) is 8.36. The van der Waals surface area contributed by atoms with Gasteiger partial charge in [0.15, 0.2) is 10.6 Å². The van der Waals surface area contributed by atoms with E-state index in [0.29, 0.717) is 30.2 Å². The molecule has 0 saturated heterocycles. The number of aliphatic hydroxyl groups is 1. The predicted molar refractivity (Wildman–Crippen MR) is 99.2 cm³/mol. The van der Waals surface area contributed by atoms with Crippen LogP contribution in [0.4, 0.5) is 0 Å². The number of aromatic hydroxyl groups is 1. The Morgan fingerprint density at radius 3 is 2.73 bits per heavy atom. The smallest absolute Gasteiger partial charge is 0.194 e. The van der Waals surface area contributed by atoms with E-state index in [4.69, 9.17) is 4.74 Å². The van der Waals surface area contributed by atoms with Crippen LogP contribution in [0.5, 0.6) is 5.75 Å². The van der Waals surface area contributed by atoms with Gasteiger partial charge in [-0.25, -0.2) is 9.97 Å². The Hall–Kier alpha value is -1.71. The lowest BCUT2D eigenvalue weighted by molar-refractivity contribution is 0.109. The van der Waals surface area contributed by atoms with Crippen LogP contribution in [0, 0.1) is 0 Å². The molecule has 2 rings (SSSR count). The summed E-state index contributed by atoms with van der Waals surface area (Å²) >= 11 is -1.31. The van der Waals surface area contributed by atoms with Gasteiger partial charge in [-0.05, 0) is 36.2 Å². The van der Waals surface area contributed by atoms with Crippen molar-refractivity contribution in [2.75, 3.05) is 19.4 Å². The number of benzene rings is 1. The number of aliphatic hydroxyl groups excluding tert-OH is 1. The summed E-state index contributed by atoms with van der Waals surface area (Å²) in [5.74, 6) is -0.0240. The normalized spacial score (nSPS) is 14.8. The zero-order valence-corrected chi connectivity index (χ0v) is 15.8. The molecule has 0 aliphatic carbocycles. The number of rotatable bonds is 10. The number of ether oxygens (including phenoxy) is 1. The van der Waals surface area contributed by atoms with Gasteiger partial charge in [-0.1, -0.05) is 6.07 Å². The number of hydrogen-bond acceptors (Lipinski definition) is 7. The summed E-state index contributed by atoms with van der Waals surface area (Å²) < 4.78 is 17.2. The zero-order chi connectivity index (χ0) is 18.9. The Morgan fingerprint density at radius 2 is 2.04 bits per heavy atom. The lowest BCUT2D eigenvalue weighted by Gasteiger charge is -2.18. The first-order chi connectivity index (χ1) is 12.5. The Labute approximate surface area is 156 Å². The van der Waals surface area contributed by atoms with Crippen molar-refractivity contribution in [1.82, 2.24) is 15.3 Å². The van der Waals surface area contributed by atoms with Gasteiger partial charge in [-0.3, -0.25) is 0 Å². The van der Waals surface area contributed by atoms with E-state index in [1.54, 1.807) is 24.5 Å². The van der Waals surface area contributed by atoms with E-state index in [1.807, 2.05) is 6.92 Å². The number of phenols is 1. The molecule has 0 radical (unpaired) electrons. The molecule has 3 N–H and O–H groups in total. The molecule has 1 aromatic heterocycles. The van der Waals surface area contributed by atoms with Crippen LogP contribution in [0.25, 0.3) is 0 Å². The molecule has 0 saturated carbocycles. The van der Waals surface area contributed by atoms with Gasteiger partial charge in [-0.2, -0.15) is 0 Å². The summed E-state index contributed by atoms with van der Waals surface area (Å²) in [6, 6.07) is 4.83. The van der Waals surface area contributed by atoms with Crippen molar-refractivity contribution in [2.45, 2.75) is 37.0 Å². The van der Waals surface area contributed by atoms with Crippen LogP contribution in [0.1, 0.15) is 30.6 Å². The molecule has 2 aromatic rings. The second kappa shape index (κ2) is 10.4. The quantitative estimate of drug-likeness (QED) is 0.424. The van der Waals surface area contributed by atoms with Gasteiger partial charge in [0.25, 0.3) is 0 Å². The fourth-order valence-electron chi connectivity index (χ4n) is 2.36. The van der Waals surface area contributed by atoms with Crippen molar-refractivity contribution in [3.63, 3.8) is 0 Å². The number of nitrogens with zero attached hydrogens (tertiary/aromatic N) is 2. The van der Waals surface area contributed by atoms with Crippen molar-refractivity contribution in [3.8, 4) is 5.75 Å². The van der Waals surface area contributed by atoms with E-state index in [1.165, 1.54) is 18.6 Å². The maximum absolute atomic E-state index is 11.6. The molecule has 142 valence electrons. The van der Waals surface area contributed by atoms with E-state index in [0.717, 1.165) is 12.0 Å². The second-order valence-electron chi connectivity index (χ2n) is 6.09. The molecule has 3 atom stereocenters. The number of phenolic OH excluding ortho intramolecular Hbond substituents is 1. The highest BCUT2D eigenvalue weighted by Crippen LogP contribution is 2.26. The molecule has 3 unspecified atom stereocenters. The molecule has 0 aliphatic heterocycles. The van der Waals surface area contributed by atoms with Gasteiger partial charge in [0.1, 0.15) is 12.6 Å². The van der Waals surface area contributed by atoms with Gasteiger partial charge in [0.2, 0.25) is 0 Å². The molecule has 8 heteroatoms. The zero-order valence-electron chi connectivity index (χ0n) is 15.0. The van der Waals surface area contributed by atoms with Gasteiger partial charge < -0.3 is 24.8 Å². The van der Waals surface area contributed by atoms with Crippen molar-refractivity contribution in [3.05, 3.63) is 48.0 Å². The van der Waals surface area contributed by atoms with Crippen molar-refractivity contribution < 1.29 is 19.5 Å². The Kier molecular flexibility index (Phi) is 8.27. The number of hydrogen-bond donors (Lipinski definition) is 3. The first-order valence-corrected chi connectivity index (χ1v) is 9.92. The van der Waals surface area contributed by atoms with Crippen LogP contribution in [0.2, 0.25) is 0 Å². The van der Waals surface area contributed by atoms with Gasteiger partial charge >= 0.3 is 0 Å². The third-order valence-electron chi connectivity index (χ3n) is 3.92. The molecule has 1 aromatic carbocycles. The molecule has 0 spiro atoms. The standard InChI is InChI=1S/C18H25N3O4S/c1-13(5-6-25-11-14-8-19-12-20-9-14)21-10-17(23)15-3-4-16(22)18(7-15)26(2)24/h3-4,7-9,12-13,17,21-23H,5-6,10-11H2,1-2H3. The largest absolute Gasteiger partial charge is 0.612 e. The molecule has 26 heavy (non-hydrogen) atoms. The highest BCUT2D eigenvalue weighted by atomic mass is 32.2. The summed E-state index contributed by atoms with van der Waals surface area (Å²) in [5, 5.41) is 23.2. The highest BCUT2D eigenvalue weighted by Gasteiger charge is 2.16. The summed E-state index contributed by atoms with van der Waals surface area (Å²) in [6.07, 6.45) is 6.46. The van der Waals surface area contributed by atoms with Crippen LogP contribution in [-0.4, -0.2) is 50.2 Å². The average Bonchev–Trinajstić information content (AvgIpc) is 2.64. The van der Waals surface area contributed by atoms with Crippen molar-refractivity contribution in [2.24, 2.45) is 0 Å². The van der Waals surface area contributed by atoms with Gasteiger partial charge in [0.05, 0.1) is 12.7 Å². The molecular weight excluding hydrogens is 354 g/mol. The van der Waals surface area contributed by atoms with Crippen molar-refractivity contribution >= 4 is 11.2 Å². The maximum Gasteiger partial charge on any atom is 0.194 e. The van der Waals surface area contributed by atoms with E-state index >= 15 is 0 Å². The van der Waals surface area contributed by atoms with Crippen LogP contribution in [0.15, 0.2) is 41.8 Å². The van der Waals surface area contributed by atoms with Crippen LogP contribution >= 0.6 is 0 Å². The molecular formula is C18H25N3O4S. The molecule has 0 fully saturated rings. The lowest BCUT2D eigenvalue weighted by atomic mass is 10.1. The Balaban J connectivity index is 1.71. The SMILES string of the molecule is CC(CCOCc1cncnc1)NCC(O)c1ccc(O)c([S+](C)[O-])c1. The summed E-state index contributed by atoms with van der Waals surface area (Å²) in [4.78, 5) is 8.19. The van der Waals surface area contributed by atoms with E-state index in [-0.39, 0.29) is 11.8 Å². The summed E-state index contributed by atoms with van der Waals surface area (Å²) in [6.45, 7) is 3.43. The van der Waals surface area contributed by atoms with Crippen LogP contribution in [0.3, 0.4) is 0 Å². The van der Waals surface area contributed by atoms with Crippen LogP contribution in [-0.2, 0) is 22.5 Å². The third-order valence-corrected chi connectivity index (χ3v) is 4.86. The predicted octanol–water partition coefficient (Wildman–Crippen LogP) is 1.54. The lowest BCUT2D eigenvalue weighted by Crippen LogP contribution is -2.31. The fraction of sp³-hybridized carbons (Fsp3) is 0.444. The van der Waals surface area contributed by atoms with E-state index in [2.05, 4.69) is 15.3 Å². The minimum absolute atomic E-state index is 0.0240. The minimum Gasteiger partial charge on any atom is -0.612 e. The number of aromatic nitrogens is 2. The first kappa shape index (κ1) is 20.6. The average molecular weight is 379 g/mol. The molecule has 1 heterocycles. The van der Waals surface area contributed by atoms with Gasteiger partial charge in [0, 0.05) is 43.2 Å². The maximum atomic E-state index is 11.6. The Morgan fingerprint density at radius 1 is 1.31 bits per heavy atom. The topological polar surface area (TPSA) is 111 Å². The van der Waals surface area contributed by atoms with Gasteiger partial charge in [-0.15, -0.1) is 0 Å². The van der Waals surface area contributed by atoms with Crippen LogP contribution < -0.4 is 5.32 Å². The highest BCUT2D eigenvalue weighted by molar-refractivity contribution is 7.90. The van der Waals surface area contributed by atoms with E-state index in [9.17, 15) is 14.8 Å². The molecule has 0 aliphatic rings. The third kappa shape index (κ3) is 6.54. The van der Waals surface area contributed by atoms with E-state index < -0.39 is 17.3 Å². The molecule has 7 nitrogen and oxygen atoms in total. The molecule has 0 amide bonds. The fourth-order valence-corrected chi connectivity index (χ4v) is 3.02.